The number of piperidine rings is 1. The van der Waals surface area contributed by atoms with Gasteiger partial charge in [-0.25, -0.2) is 0 Å². The molecule has 28 heavy (non-hydrogen) atoms. The number of carbonyl (C=O) groups excluding carboxylic acids is 2. The van der Waals surface area contributed by atoms with Crippen molar-refractivity contribution in [3.63, 3.8) is 0 Å². The van der Waals surface area contributed by atoms with Crippen molar-refractivity contribution >= 4 is 29.3 Å². The van der Waals surface area contributed by atoms with E-state index in [1.54, 1.807) is 30.0 Å². The highest BCUT2D eigenvalue weighted by Crippen LogP contribution is 2.26. The number of carbonyl (C=O) groups is 2. The Bertz CT molecular complexity index is 830. The van der Waals surface area contributed by atoms with Gasteiger partial charge in [-0.15, -0.1) is 11.8 Å². The fourth-order valence-corrected chi connectivity index (χ4v) is 3.89. The van der Waals surface area contributed by atoms with Crippen molar-refractivity contribution in [1.29, 1.82) is 0 Å². The van der Waals surface area contributed by atoms with Crippen LogP contribution in [0.5, 0.6) is 0 Å². The Morgan fingerprint density at radius 3 is 2.50 bits per heavy atom. The van der Waals surface area contributed by atoms with E-state index < -0.39 is 4.92 Å². The van der Waals surface area contributed by atoms with Crippen molar-refractivity contribution in [3.8, 4) is 0 Å². The number of nitrogens with one attached hydrogen (secondary N) is 1. The zero-order valence-electron chi connectivity index (χ0n) is 15.4. The van der Waals surface area contributed by atoms with Crippen molar-refractivity contribution in [2.45, 2.75) is 36.0 Å². The van der Waals surface area contributed by atoms with Crippen LogP contribution in [0.1, 0.15) is 30.1 Å². The molecule has 1 fully saturated rings. The van der Waals surface area contributed by atoms with Crippen molar-refractivity contribution < 1.29 is 18.9 Å². The molecule has 2 amide bonds. The molecule has 0 radical (unpaired) electrons. The maximum Gasteiger partial charge on any atom is 0.269 e. The van der Waals surface area contributed by atoms with Crippen LogP contribution in [0, 0.1) is 10.1 Å². The molecule has 0 spiro atoms. The number of hydrogen-bond donors (Lipinski definition) is 1. The van der Waals surface area contributed by atoms with Gasteiger partial charge in [0.15, 0.2) is 0 Å². The van der Waals surface area contributed by atoms with Crippen LogP contribution in [-0.4, -0.2) is 46.0 Å². The highest BCUT2D eigenvalue weighted by atomic mass is 32.2. The van der Waals surface area contributed by atoms with Gasteiger partial charge in [0.05, 0.1) is 22.0 Å². The highest BCUT2D eigenvalue weighted by molar-refractivity contribution is 8.00. The summed E-state index contributed by atoms with van der Waals surface area (Å²) in [6.45, 7) is 2.97. The molecule has 0 bridgehead atoms. The highest BCUT2D eigenvalue weighted by Gasteiger charge is 2.26. The normalized spacial score (nSPS) is 15.8. The van der Waals surface area contributed by atoms with Crippen molar-refractivity contribution in [2.24, 2.45) is 0 Å². The molecule has 0 saturated carbocycles. The number of nitro benzene ring substituents is 1. The van der Waals surface area contributed by atoms with Crippen LogP contribution in [0.2, 0.25) is 0 Å². The van der Waals surface area contributed by atoms with Gasteiger partial charge in [-0.2, -0.15) is 0 Å². The molecule has 9 heteroatoms. The molecule has 1 unspecified atom stereocenters. The van der Waals surface area contributed by atoms with E-state index in [9.17, 15) is 19.7 Å². The first-order valence-electron chi connectivity index (χ1n) is 8.97. The third-order valence-corrected chi connectivity index (χ3v) is 5.74. The second-order valence-corrected chi connectivity index (χ2v) is 8.01. The van der Waals surface area contributed by atoms with Crippen LogP contribution >= 0.6 is 11.8 Å². The lowest BCUT2D eigenvalue weighted by molar-refractivity contribution is -0.384. The lowest BCUT2D eigenvalue weighted by Crippen LogP contribution is -2.48. The maximum absolute atomic E-state index is 12.5. The summed E-state index contributed by atoms with van der Waals surface area (Å²) in [7, 11) is 0. The smallest absolute Gasteiger partial charge is 0.269 e. The van der Waals surface area contributed by atoms with Gasteiger partial charge in [0.1, 0.15) is 6.26 Å². The summed E-state index contributed by atoms with van der Waals surface area (Å²) in [6, 6.07) is 7.83. The van der Waals surface area contributed by atoms with E-state index in [-0.39, 0.29) is 28.8 Å². The topological polar surface area (TPSA) is 106 Å². The molecule has 148 valence electrons. The number of likely N-dealkylation sites (tertiary alicyclic amines) is 1. The molecule has 1 aromatic heterocycles. The first-order chi connectivity index (χ1) is 13.4. The molecule has 8 nitrogen and oxygen atoms in total. The quantitative estimate of drug-likeness (QED) is 0.451. The van der Waals surface area contributed by atoms with Gasteiger partial charge in [-0.05, 0) is 38.0 Å². The molecule has 1 aliphatic rings. The zero-order valence-corrected chi connectivity index (χ0v) is 16.2. The predicted molar refractivity (Wildman–Crippen MR) is 104 cm³/mol. The Balaban J connectivity index is 1.46. The molecule has 1 aromatic carbocycles. The Hall–Kier alpha value is -2.81. The van der Waals surface area contributed by atoms with E-state index in [0.717, 1.165) is 4.90 Å². The van der Waals surface area contributed by atoms with Crippen LogP contribution in [0.15, 0.2) is 52.2 Å². The fourth-order valence-electron chi connectivity index (χ4n) is 3.02. The minimum absolute atomic E-state index is 0.0261. The largest absolute Gasteiger partial charge is 0.472 e. The van der Waals surface area contributed by atoms with Crippen LogP contribution in [0.3, 0.4) is 0 Å². The second kappa shape index (κ2) is 8.92. The Morgan fingerprint density at radius 2 is 1.93 bits per heavy atom. The Labute approximate surface area is 166 Å². The van der Waals surface area contributed by atoms with Gasteiger partial charge in [0.25, 0.3) is 11.6 Å². The van der Waals surface area contributed by atoms with Gasteiger partial charge in [-0.3, -0.25) is 19.7 Å². The Morgan fingerprint density at radius 1 is 1.25 bits per heavy atom. The average Bonchev–Trinajstić information content (AvgIpc) is 3.23. The SMILES string of the molecule is CC(Sc1ccc([N+](=O)[O-])cc1)C(=O)NC1CCN(C(=O)c2ccoc2)CC1. The molecule has 2 heterocycles. The molecule has 1 aliphatic heterocycles. The summed E-state index contributed by atoms with van der Waals surface area (Å²) < 4.78 is 4.95. The third-order valence-electron chi connectivity index (χ3n) is 4.63. The number of amides is 2. The minimum Gasteiger partial charge on any atom is -0.472 e. The molecule has 1 N–H and O–H groups in total. The van der Waals surface area contributed by atoms with Crippen molar-refractivity contribution in [3.05, 3.63) is 58.5 Å². The van der Waals surface area contributed by atoms with Crippen molar-refractivity contribution in [1.82, 2.24) is 10.2 Å². The van der Waals surface area contributed by atoms with Crippen LogP contribution in [0.4, 0.5) is 5.69 Å². The van der Waals surface area contributed by atoms with Crippen LogP contribution in [0.25, 0.3) is 0 Å². The lowest BCUT2D eigenvalue weighted by Gasteiger charge is -2.32. The molecular formula is C19H21N3O5S. The lowest BCUT2D eigenvalue weighted by atomic mass is 10.0. The zero-order chi connectivity index (χ0) is 20.1. The molecule has 1 saturated heterocycles. The standard InChI is InChI=1S/C19H21N3O5S/c1-13(28-17-4-2-16(3-5-17)22(25)26)18(23)20-15-6-9-21(10-7-15)19(24)14-8-11-27-12-14/h2-5,8,11-13,15H,6-7,9-10H2,1H3,(H,20,23). The number of benzene rings is 1. The number of thioether (sulfide) groups is 1. The summed E-state index contributed by atoms with van der Waals surface area (Å²) in [6.07, 6.45) is 4.31. The fraction of sp³-hybridized carbons (Fsp3) is 0.368. The van der Waals surface area contributed by atoms with E-state index in [1.165, 1.54) is 36.4 Å². The van der Waals surface area contributed by atoms with E-state index in [0.29, 0.717) is 31.5 Å². The van der Waals surface area contributed by atoms with Crippen LogP contribution < -0.4 is 5.32 Å². The average molecular weight is 403 g/mol. The summed E-state index contributed by atoms with van der Waals surface area (Å²) in [4.78, 5) is 37.6. The number of nitrogens with zero attached hydrogens (tertiary/aromatic N) is 2. The molecule has 0 aliphatic carbocycles. The summed E-state index contributed by atoms with van der Waals surface area (Å²) in [5, 5.41) is 13.4. The number of rotatable bonds is 6. The van der Waals surface area contributed by atoms with E-state index in [1.807, 2.05) is 0 Å². The maximum atomic E-state index is 12.5. The van der Waals surface area contributed by atoms with E-state index in [2.05, 4.69) is 5.32 Å². The molecule has 3 rings (SSSR count). The van der Waals surface area contributed by atoms with Gasteiger partial charge in [0, 0.05) is 36.2 Å². The monoisotopic (exact) mass is 403 g/mol. The molecular weight excluding hydrogens is 382 g/mol. The third kappa shape index (κ3) is 4.92. The summed E-state index contributed by atoms with van der Waals surface area (Å²) >= 11 is 1.35. The van der Waals surface area contributed by atoms with Gasteiger partial charge < -0.3 is 14.6 Å². The van der Waals surface area contributed by atoms with Crippen molar-refractivity contribution in [2.75, 3.05) is 13.1 Å². The van der Waals surface area contributed by atoms with Gasteiger partial charge in [0.2, 0.25) is 5.91 Å². The second-order valence-electron chi connectivity index (χ2n) is 6.60. The van der Waals surface area contributed by atoms with Crippen LogP contribution in [-0.2, 0) is 4.79 Å². The first kappa shape index (κ1) is 19.9. The number of furan rings is 1. The minimum atomic E-state index is -0.450. The Kier molecular flexibility index (Phi) is 6.35. The van der Waals surface area contributed by atoms with Gasteiger partial charge in [-0.1, -0.05) is 0 Å². The van der Waals surface area contributed by atoms with E-state index >= 15 is 0 Å². The first-order valence-corrected chi connectivity index (χ1v) is 9.85. The van der Waals surface area contributed by atoms with Gasteiger partial charge >= 0.3 is 0 Å². The molecule has 1 atom stereocenters. The number of nitro groups is 1. The predicted octanol–water partition coefficient (Wildman–Crippen LogP) is 3.09. The molecule has 2 aromatic rings. The number of non-ortho nitro benzene ring substituents is 1. The summed E-state index contributed by atoms with van der Waals surface area (Å²) in [5.74, 6) is -0.136. The number of hydrogen-bond acceptors (Lipinski definition) is 6. The summed E-state index contributed by atoms with van der Waals surface area (Å²) in [5.41, 5.74) is 0.564. The van der Waals surface area contributed by atoms with E-state index in [4.69, 9.17) is 4.42 Å².